The predicted molar refractivity (Wildman–Crippen MR) is 75.1 cm³/mol. The van der Waals surface area contributed by atoms with Gasteiger partial charge in [0.05, 0.1) is 7.11 Å². The Labute approximate surface area is 116 Å². The third-order valence-corrected chi connectivity index (χ3v) is 4.25. The van der Waals surface area contributed by atoms with Crippen molar-refractivity contribution in [2.24, 2.45) is 0 Å². The van der Waals surface area contributed by atoms with E-state index in [1.54, 1.807) is 0 Å². The Balaban J connectivity index is 1.94. The first kappa shape index (κ1) is 14.8. The third kappa shape index (κ3) is 3.68. The third-order valence-electron chi connectivity index (χ3n) is 4.25. The van der Waals surface area contributed by atoms with E-state index in [0.717, 1.165) is 19.6 Å². The van der Waals surface area contributed by atoms with Gasteiger partial charge in [0.2, 0.25) is 0 Å². The maximum Gasteiger partial charge on any atom is 0.327 e. The molecule has 0 aromatic carbocycles. The minimum Gasteiger partial charge on any atom is -0.468 e. The maximum atomic E-state index is 12.1. The molecule has 19 heavy (non-hydrogen) atoms. The number of hydrogen-bond acceptors (Lipinski definition) is 5. The number of carbonyl (C=O) groups excluding carboxylic acids is 1. The van der Waals surface area contributed by atoms with E-state index >= 15 is 0 Å². The highest BCUT2D eigenvalue weighted by atomic mass is 16.5. The van der Waals surface area contributed by atoms with Crippen molar-refractivity contribution >= 4 is 5.97 Å². The number of esters is 1. The fraction of sp³-hybridized carbons (Fsp3) is 0.929. The zero-order valence-corrected chi connectivity index (χ0v) is 12.6. The van der Waals surface area contributed by atoms with Crippen LogP contribution in [0.4, 0.5) is 0 Å². The topological polar surface area (TPSA) is 44.8 Å². The van der Waals surface area contributed by atoms with Gasteiger partial charge < -0.3 is 9.64 Å². The van der Waals surface area contributed by atoms with Gasteiger partial charge in [-0.15, -0.1) is 0 Å². The molecule has 2 atom stereocenters. The van der Waals surface area contributed by atoms with E-state index in [-0.39, 0.29) is 5.97 Å². The molecule has 0 spiro atoms. The smallest absolute Gasteiger partial charge is 0.327 e. The lowest BCUT2D eigenvalue weighted by atomic mass is 10.0. The number of nitrogens with one attached hydrogen (secondary N) is 1. The Hall–Kier alpha value is -0.650. The Bertz CT molecular complexity index is 331. The van der Waals surface area contributed by atoms with Crippen molar-refractivity contribution < 1.29 is 9.53 Å². The molecule has 0 radical (unpaired) electrons. The first-order valence-corrected chi connectivity index (χ1v) is 7.19. The molecule has 2 rings (SSSR count). The molecule has 1 heterocycles. The lowest BCUT2D eigenvalue weighted by Crippen LogP contribution is -2.58. The molecule has 1 N–H and O–H groups in total. The molecule has 5 nitrogen and oxygen atoms in total. The van der Waals surface area contributed by atoms with E-state index in [9.17, 15) is 4.79 Å². The van der Waals surface area contributed by atoms with Crippen molar-refractivity contribution in [1.82, 2.24) is 15.1 Å². The van der Waals surface area contributed by atoms with Crippen LogP contribution in [0.1, 0.15) is 26.2 Å². The minimum atomic E-state index is -0.572. The van der Waals surface area contributed by atoms with E-state index < -0.39 is 5.54 Å². The van der Waals surface area contributed by atoms with Crippen molar-refractivity contribution in [3.8, 4) is 0 Å². The van der Waals surface area contributed by atoms with Crippen LogP contribution in [-0.2, 0) is 9.53 Å². The normalized spacial score (nSPS) is 27.5. The Morgan fingerprint density at radius 2 is 2.11 bits per heavy atom. The van der Waals surface area contributed by atoms with Crippen LogP contribution < -0.4 is 5.32 Å². The number of rotatable bonds is 6. The van der Waals surface area contributed by atoms with E-state index in [4.69, 9.17) is 4.74 Å². The standard InChI is InChI=1S/C14H27N3O2/c1-14(13(18)19-4,15-11-5-6-11)10-17-8-7-12(9-17)16(2)3/h11-12,15H,5-10H2,1-4H3. The van der Waals surface area contributed by atoms with E-state index in [0.29, 0.717) is 12.1 Å². The molecule has 2 unspecified atom stereocenters. The summed E-state index contributed by atoms with van der Waals surface area (Å²) in [6, 6.07) is 1.10. The van der Waals surface area contributed by atoms with Crippen LogP contribution in [0.15, 0.2) is 0 Å². The summed E-state index contributed by atoms with van der Waals surface area (Å²) in [7, 11) is 5.72. The van der Waals surface area contributed by atoms with Crippen molar-refractivity contribution in [2.75, 3.05) is 40.8 Å². The fourth-order valence-corrected chi connectivity index (χ4v) is 2.90. The molecule has 1 saturated carbocycles. The summed E-state index contributed by atoms with van der Waals surface area (Å²) in [6.45, 7) is 4.80. The second kappa shape index (κ2) is 5.77. The number of likely N-dealkylation sites (tertiary alicyclic amines) is 1. The SMILES string of the molecule is COC(=O)C(C)(CN1CCC(N(C)C)C1)NC1CC1. The van der Waals surface area contributed by atoms with Crippen molar-refractivity contribution in [3.05, 3.63) is 0 Å². The second-order valence-electron chi connectivity index (χ2n) is 6.38. The van der Waals surface area contributed by atoms with Gasteiger partial charge in [0, 0.05) is 25.2 Å². The van der Waals surface area contributed by atoms with Crippen LogP contribution in [0.3, 0.4) is 0 Å². The van der Waals surface area contributed by atoms with Gasteiger partial charge in [-0.1, -0.05) is 0 Å². The van der Waals surface area contributed by atoms with Crippen LogP contribution in [0, 0.1) is 0 Å². The quantitative estimate of drug-likeness (QED) is 0.703. The van der Waals surface area contributed by atoms with Crippen LogP contribution in [0.2, 0.25) is 0 Å². The molecule has 1 aliphatic heterocycles. The molecule has 1 aliphatic carbocycles. The molecule has 2 fully saturated rings. The molecule has 1 saturated heterocycles. The van der Waals surface area contributed by atoms with Gasteiger partial charge in [0.25, 0.3) is 0 Å². The summed E-state index contributed by atoms with van der Waals surface area (Å²) < 4.78 is 4.99. The molecule has 0 amide bonds. The Kier molecular flexibility index (Phi) is 4.48. The Morgan fingerprint density at radius 1 is 1.42 bits per heavy atom. The molecule has 0 aromatic rings. The second-order valence-corrected chi connectivity index (χ2v) is 6.38. The molecule has 2 aliphatic rings. The van der Waals surface area contributed by atoms with Crippen molar-refractivity contribution in [3.63, 3.8) is 0 Å². The lowest BCUT2D eigenvalue weighted by molar-refractivity contribution is -0.148. The highest BCUT2D eigenvalue weighted by molar-refractivity contribution is 5.80. The maximum absolute atomic E-state index is 12.1. The van der Waals surface area contributed by atoms with E-state index in [1.165, 1.54) is 26.4 Å². The van der Waals surface area contributed by atoms with Crippen LogP contribution in [0.5, 0.6) is 0 Å². The van der Waals surface area contributed by atoms with Crippen molar-refractivity contribution in [2.45, 2.75) is 43.8 Å². The molecule has 5 heteroatoms. The van der Waals surface area contributed by atoms with Gasteiger partial charge in [-0.25, -0.2) is 0 Å². The van der Waals surface area contributed by atoms with Crippen LogP contribution in [-0.4, -0.2) is 74.2 Å². The zero-order chi connectivity index (χ0) is 14.0. The molecule has 0 aromatic heterocycles. The largest absolute Gasteiger partial charge is 0.468 e. The first-order valence-electron chi connectivity index (χ1n) is 7.19. The summed E-state index contributed by atoms with van der Waals surface area (Å²) in [5.74, 6) is -0.146. The van der Waals surface area contributed by atoms with Gasteiger partial charge in [0.1, 0.15) is 5.54 Å². The van der Waals surface area contributed by atoms with Crippen LogP contribution >= 0.6 is 0 Å². The molecular weight excluding hydrogens is 242 g/mol. The Morgan fingerprint density at radius 3 is 2.58 bits per heavy atom. The fourth-order valence-electron chi connectivity index (χ4n) is 2.90. The lowest BCUT2D eigenvalue weighted by Gasteiger charge is -2.32. The number of hydrogen-bond donors (Lipinski definition) is 1. The molecular formula is C14H27N3O2. The monoisotopic (exact) mass is 269 g/mol. The number of ether oxygens (including phenoxy) is 1. The number of likely N-dealkylation sites (N-methyl/N-ethyl adjacent to an activating group) is 1. The van der Waals surface area contributed by atoms with Crippen molar-refractivity contribution in [1.29, 1.82) is 0 Å². The summed E-state index contributed by atoms with van der Waals surface area (Å²) in [5.41, 5.74) is -0.572. The molecule has 0 bridgehead atoms. The van der Waals surface area contributed by atoms with E-state index in [2.05, 4.69) is 29.2 Å². The van der Waals surface area contributed by atoms with Gasteiger partial charge >= 0.3 is 5.97 Å². The summed E-state index contributed by atoms with van der Waals surface area (Å²) >= 11 is 0. The average Bonchev–Trinajstić information content (AvgIpc) is 3.03. The number of carbonyl (C=O) groups is 1. The average molecular weight is 269 g/mol. The molecule has 110 valence electrons. The highest BCUT2D eigenvalue weighted by Gasteiger charge is 2.42. The van der Waals surface area contributed by atoms with Crippen LogP contribution in [0.25, 0.3) is 0 Å². The van der Waals surface area contributed by atoms with Gasteiger partial charge in [0.15, 0.2) is 0 Å². The number of methoxy groups -OCH3 is 1. The highest BCUT2D eigenvalue weighted by Crippen LogP contribution is 2.25. The first-order chi connectivity index (χ1) is 8.94. The van der Waals surface area contributed by atoms with E-state index in [1.807, 2.05) is 6.92 Å². The number of nitrogens with zero attached hydrogens (tertiary/aromatic N) is 2. The summed E-state index contributed by atoms with van der Waals surface area (Å²) in [5, 5.41) is 3.46. The zero-order valence-electron chi connectivity index (χ0n) is 12.6. The van der Waals surface area contributed by atoms with Gasteiger partial charge in [-0.2, -0.15) is 0 Å². The van der Waals surface area contributed by atoms with Gasteiger partial charge in [-0.05, 0) is 46.8 Å². The minimum absolute atomic E-state index is 0.146. The summed E-state index contributed by atoms with van der Waals surface area (Å²) in [4.78, 5) is 16.7. The van der Waals surface area contributed by atoms with Gasteiger partial charge in [-0.3, -0.25) is 15.0 Å². The predicted octanol–water partition coefficient (Wildman–Crippen LogP) is 0.306. The summed E-state index contributed by atoms with van der Waals surface area (Å²) in [6.07, 6.45) is 3.52.